The minimum absolute atomic E-state index is 0.0616. The SMILES string of the molecule is CCN(CC)CCCNC(=O)c1cc(=O)c2ccccc2o1. The standard InChI is InChI=1S/C17H22N2O3/c1-3-19(4-2)11-7-10-18-17(21)16-12-14(20)13-8-5-6-9-15(13)22-16/h5-6,8-9,12H,3-4,7,10-11H2,1-2H3,(H,18,21). The van der Waals surface area contributed by atoms with Crippen LogP contribution in [0.1, 0.15) is 30.8 Å². The van der Waals surface area contributed by atoms with E-state index in [1.54, 1.807) is 24.3 Å². The minimum Gasteiger partial charge on any atom is -0.451 e. The van der Waals surface area contributed by atoms with Crippen LogP contribution < -0.4 is 10.7 Å². The number of fused-ring (bicyclic) bond motifs is 1. The molecule has 118 valence electrons. The molecule has 0 saturated carbocycles. The van der Waals surface area contributed by atoms with Crippen molar-refractivity contribution in [2.45, 2.75) is 20.3 Å². The van der Waals surface area contributed by atoms with E-state index < -0.39 is 0 Å². The van der Waals surface area contributed by atoms with Crippen LogP contribution in [0.4, 0.5) is 0 Å². The van der Waals surface area contributed by atoms with E-state index in [1.807, 2.05) is 0 Å². The number of rotatable bonds is 7. The Bertz CT molecular complexity index is 690. The highest BCUT2D eigenvalue weighted by Crippen LogP contribution is 2.11. The predicted molar refractivity (Wildman–Crippen MR) is 87.2 cm³/mol. The molecule has 2 rings (SSSR count). The highest BCUT2D eigenvalue weighted by atomic mass is 16.3. The largest absolute Gasteiger partial charge is 0.451 e. The third-order valence-electron chi connectivity index (χ3n) is 3.69. The maximum absolute atomic E-state index is 12.1. The molecule has 1 aromatic carbocycles. The molecule has 0 radical (unpaired) electrons. The smallest absolute Gasteiger partial charge is 0.287 e. The van der Waals surface area contributed by atoms with E-state index in [0.717, 1.165) is 26.1 Å². The van der Waals surface area contributed by atoms with Gasteiger partial charge in [-0.05, 0) is 38.2 Å². The average Bonchev–Trinajstić information content (AvgIpc) is 2.54. The van der Waals surface area contributed by atoms with Gasteiger partial charge >= 0.3 is 0 Å². The fourth-order valence-electron chi connectivity index (χ4n) is 2.35. The number of hydrogen-bond donors (Lipinski definition) is 1. The van der Waals surface area contributed by atoms with Gasteiger partial charge in [0.25, 0.3) is 5.91 Å². The molecule has 0 spiro atoms. The Morgan fingerprint density at radius 1 is 1.23 bits per heavy atom. The van der Waals surface area contributed by atoms with Gasteiger partial charge in [0, 0.05) is 12.6 Å². The number of para-hydroxylation sites is 1. The molecule has 2 aromatic rings. The van der Waals surface area contributed by atoms with Gasteiger partial charge in [-0.15, -0.1) is 0 Å². The van der Waals surface area contributed by atoms with Gasteiger partial charge in [-0.25, -0.2) is 0 Å². The highest BCUT2D eigenvalue weighted by Gasteiger charge is 2.11. The van der Waals surface area contributed by atoms with Crippen LogP contribution in [0.25, 0.3) is 11.0 Å². The van der Waals surface area contributed by atoms with Gasteiger partial charge in [-0.1, -0.05) is 26.0 Å². The van der Waals surface area contributed by atoms with Gasteiger partial charge in [0.05, 0.1) is 5.39 Å². The molecule has 1 N–H and O–H groups in total. The average molecular weight is 302 g/mol. The summed E-state index contributed by atoms with van der Waals surface area (Å²) in [5.41, 5.74) is 0.235. The van der Waals surface area contributed by atoms with Gasteiger partial charge in [-0.3, -0.25) is 9.59 Å². The molecule has 5 nitrogen and oxygen atoms in total. The zero-order chi connectivity index (χ0) is 15.9. The molecule has 0 aliphatic carbocycles. The van der Waals surface area contributed by atoms with Gasteiger partial charge in [0.1, 0.15) is 5.58 Å². The first-order chi connectivity index (χ1) is 10.7. The Hall–Kier alpha value is -2.14. The third-order valence-corrected chi connectivity index (χ3v) is 3.69. The molecule has 0 fully saturated rings. The monoisotopic (exact) mass is 302 g/mol. The van der Waals surface area contributed by atoms with Crippen molar-refractivity contribution in [3.05, 3.63) is 46.3 Å². The molecule has 22 heavy (non-hydrogen) atoms. The van der Waals surface area contributed by atoms with E-state index in [2.05, 4.69) is 24.1 Å². The lowest BCUT2D eigenvalue weighted by molar-refractivity contribution is 0.0924. The summed E-state index contributed by atoms with van der Waals surface area (Å²) in [5.74, 6) is -0.283. The summed E-state index contributed by atoms with van der Waals surface area (Å²) in [6.07, 6.45) is 0.866. The van der Waals surface area contributed by atoms with Crippen molar-refractivity contribution in [2.75, 3.05) is 26.2 Å². The summed E-state index contributed by atoms with van der Waals surface area (Å²) >= 11 is 0. The molecule has 1 amide bonds. The van der Waals surface area contributed by atoms with Gasteiger partial charge in [0.2, 0.25) is 0 Å². The van der Waals surface area contributed by atoms with Crippen molar-refractivity contribution in [3.63, 3.8) is 0 Å². The maximum atomic E-state index is 12.1. The van der Waals surface area contributed by atoms with E-state index >= 15 is 0 Å². The lowest BCUT2D eigenvalue weighted by Gasteiger charge is -2.17. The van der Waals surface area contributed by atoms with Crippen LogP contribution in [0.2, 0.25) is 0 Å². The molecule has 1 heterocycles. The van der Waals surface area contributed by atoms with Gasteiger partial charge in [-0.2, -0.15) is 0 Å². The predicted octanol–water partition coefficient (Wildman–Crippen LogP) is 2.25. The van der Waals surface area contributed by atoms with E-state index in [0.29, 0.717) is 17.5 Å². The zero-order valence-corrected chi connectivity index (χ0v) is 13.1. The fraction of sp³-hybridized carbons (Fsp3) is 0.412. The topological polar surface area (TPSA) is 62.6 Å². The van der Waals surface area contributed by atoms with Crippen molar-refractivity contribution in [3.8, 4) is 0 Å². The second-order valence-electron chi connectivity index (χ2n) is 5.11. The summed E-state index contributed by atoms with van der Waals surface area (Å²) in [7, 11) is 0. The van der Waals surface area contributed by atoms with Crippen LogP contribution in [-0.2, 0) is 0 Å². The Labute approximate surface area is 129 Å². The first-order valence-electron chi connectivity index (χ1n) is 7.69. The lowest BCUT2D eigenvalue weighted by Crippen LogP contribution is -2.30. The van der Waals surface area contributed by atoms with E-state index in [4.69, 9.17) is 4.42 Å². The van der Waals surface area contributed by atoms with Crippen molar-refractivity contribution < 1.29 is 9.21 Å². The summed E-state index contributed by atoms with van der Waals surface area (Å²) in [4.78, 5) is 26.3. The van der Waals surface area contributed by atoms with Crippen LogP contribution in [0.5, 0.6) is 0 Å². The van der Waals surface area contributed by atoms with Gasteiger partial charge in [0.15, 0.2) is 11.2 Å². The van der Waals surface area contributed by atoms with Crippen molar-refractivity contribution >= 4 is 16.9 Å². The molecule has 0 aliphatic rings. The molecule has 0 unspecified atom stereocenters. The number of benzene rings is 1. The van der Waals surface area contributed by atoms with Crippen LogP contribution in [0.15, 0.2) is 39.5 Å². The number of nitrogens with one attached hydrogen (secondary N) is 1. The Morgan fingerprint density at radius 2 is 1.95 bits per heavy atom. The second-order valence-corrected chi connectivity index (χ2v) is 5.11. The number of carbonyl (C=O) groups is 1. The summed E-state index contributed by atoms with van der Waals surface area (Å²) < 4.78 is 5.50. The minimum atomic E-state index is -0.345. The van der Waals surface area contributed by atoms with Crippen molar-refractivity contribution in [1.82, 2.24) is 10.2 Å². The summed E-state index contributed by atoms with van der Waals surface area (Å²) in [5, 5.41) is 3.28. The summed E-state index contributed by atoms with van der Waals surface area (Å²) in [6, 6.07) is 8.17. The fourth-order valence-corrected chi connectivity index (χ4v) is 2.35. The van der Waals surface area contributed by atoms with Crippen LogP contribution in [-0.4, -0.2) is 37.0 Å². The quantitative estimate of drug-likeness (QED) is 0.797. The normalized spacial score (nSPS) is 11.0. The molecule has 5 heteroatoms. The first-order valence-corrected chi connectivity index (χ1v) is 7.69. The molecule has 0 atom stereocenters. The molecule has 0 saturated heterocycles. The number of carbonyl (C=O) groups excluding carboxylic acids is 1. The first kappa shape index (κ1) is 16.2. The highest BCUT2D eigenvalue weighted by molar-refractivity contribution is 5.93. The van der Waals surface area contributed by atoms with Gasteiger partial charge < -0.3 is 14.6 Å². The third kappa shape index (κ3) is 3.95. The Kier molecular flexibility index (Phi) is 5.72. The molecule has 0 aliphatic heterocycles. The number of nitrogens with zero attached hydrogens (tertiary/aromatic N) is 1. The number of hydrogen-bond acceptors (Lipinski definition) is 4. The Balaban J connectivity index is 1.97. The zero-order valence-electron chi connectivity index (χ0n) is 13.1. The van der Waals surface area contributed by atoms with Crippen molar-refractivity contribution in [2.24, 2.45) is 0 Å². The summed E-state index contributed by atoms with van der Waals surface area (Å²) in [6.45, 7) is 7.74. The van der Waals surface area contributed by atoms with Crippen LogP contribution in [0, 0.1) is 0 Å². The number of amides is 1. The Morgan fingerprint density at radius 3 is 2.68 bits per heavy atom. The molecule has 1 aromatic heterocycles. The van der Waals surface area contributed by atoms with E-state index in [1.165, 1.54) is 6.07 Å². The molecular weight excluding hydrogens is 280 g/mol. The second kappa shape index (κ2) is 7.75. The maximum Gasteiger partial charge on any atom is 0.287 e. The molecule has 0 bridgehead atoms. The van der Waals surface area contributed by atoms with E-state index in [9.17, 15) is 9.59 Å². The van der Waals surface area contributed by atoms with Crippen molar-refractivity contribution in [1.29, 1.82) is 0 Å². The lowest BCUT2D eigenvalue weighted by atomic mass is 10.2. The van der Waals surface area contributed by atoms with Crippen LogP contribution >= 0.6 is 0 Å². The molecular formula is C17H22N2O3. The van der Waals surface area contributed by atoms with E-state index in [-0.39, 0.29) is 17.1 Å². The van der Waals surface area contributed by atoms with Crippen LogP contribution in [0.3, 0.4) is 0 Å².